The molecule has 0 atom stereocenters. The van der Waals surface area contributed by atoms with Crippen molar-refractivity contribution >= 4 is 23.5 Å². The molecule has 0 radical (unpaired) electrons. The van der Waals surface area contributed by atoms with E-state index in [-0.39, 0.29) is 0 Å². The van der Waals surface area contributed by atoms with E-state index in [0.717, 1.165) is 26.2 Å². The third-order valence-corrected chi connectivity index (χ3v) is 6.26. The molecule has 3 rings (SSSR count). The van der Waals surface area contributed by atoms with Gasteiger partial charge in [-0.3, -0.25) is 0 Å². The van der Waals surface area contributed by atoms with Gasteiger partial charge in [0.25, 0.3) is 0 Å². The number of thioether (sulfide) groups is 2. The third kappa shape index (κ3) is 5.28. The fraction of sp³-hybridized carbons (Fsp3) is 0.368. The van der Waals surface area contributed by atoms with Crippen LogP contribution in [0.3, 0.4) is 0 Å². The van der Waals surface area contributed by atoms with E-state index in [9.17, 15) is 0 Å². The van der Waals surface area contributed by atoms with Crippen LogP contribution in [0.4, 0.5) is 0 Å². The average molecular weight is 345 g/mol. The van der Waals surface area contributed by atoms with Gasteiger partial charge in [0.2, 0.25) is 0 Å². The lowest BCUT2D eigenvalue weighted by Crippen LogP contribution is -2.27. The Kier molecular flexibility index (Phi) is 6.89. The summed E-state index contributed by atoms with van der Waals surface area (Å²) in [5.41, 5.74) is 2.84. The number of fused-ring (bicyclic) bond motifs is 2. The molecule has 0 saturated heterocycles. The number of nitrogens with one attached hydrogen (secondary N) is 2. The Hall–Kier alpha value is -0.940. The molecule has 0 fully saturated rings. The lowest BCUT2D eigenvalue weighted by atomic mass is 10.2. The van der Waals surface area contributed by atoms with Crippen LogP contribution >= 0.6 is 23.5 Å². The first-order chi connectivity index (χ1) is 11.4. The normalized spacial score (nSPS) is 17.4. The third-order valence-electron chi connectivity index (χ3n) is 3.86. The Labute approximate surface area is 147 Å². The van der Waals surface area contributed by atoms with Crippen LogP contribution in [0.1, 0.15) is 17.5 Å². The van der Waals surface area contributed by atoms with Crippen LogP contribution in [-0.4, -0.2) is 24.6 Å². The summed E-state index contributed by atoms with van der Waals surface area (Å²) in [6.07, 6.45) is 1.23. The van der Waals surface area contributed by atoms with Crippen LogP contribution in [0.15, 0.2) is 58.3 Å². The minimum Gasteiger partial charge on any atom is -0.311 e. The van der Waals surface area contributed by atoms with E-state index in [0.29, 0.717) is 0 Å². The molecule has 1 heterocycles. The van der Waals surface area contributed by atoms with Crippen molar-refractivity contribution in [2.45, 2.75) is 29.3 Å². The quantitative estimate of drug-likeness (QED) is 0.749. The summed E-state index contributed by atoms with van der Waals surface area (Å²) >= 11 is 3.98. The van der Waals surface area contributed by atoms with E-state index < -0.39 is 0 Å². The maximum atomic E-state index is 3.55. The minimum absolute atomic E-state index is 0.955. The highest BCUT2D eigenvalue weighted by Crippen LogP contribution is 2.27. The largest absolute Gasteiger partial charge is 0.311 e. The summed E-state index contributed by atoms with van der Waals surface area (Å²) in [4.78, 5) is 2.85. The molecule has 2 nitrogen and oxygen atoms in total. The molecule has 122 valence electrons. The van der Waals surface area contributed by atoms with E-state index >= 15 is 0 Å². The molecule has 0 unspecified atom stereocenters. The van der Waals surface area contributed by atoms with Gasteiger partial charge in [0.1, 0.15) is 0 Å². The zero-order valence-electron chi connectivity index (χ0n) is 13.4. The monoisotopic (exact) mass is 344 g/mol. The summed E-state index contributed by atoms with van der Waals surface area (Å²) in [5.74, 6) is 2.37. The Morgan fingerprint density at radius 3 is 1.65 bits per heavy atom. The van der Waals surface area contributed by atoms with Crippen molar-refractivity contribution in [3.63, 3.8) is 0 Å². The Balaban J connectivity index is 1.65. The molecule has 4 heteroatoms. The van der Waals surface area contributed by atoms with Crippen molar-refractivity contribution in [3.8, 4) is 0 Å². The molecule has 0 saturated carbocycles. The highest BCUT2D eigenvalue weighted by Gasteiger charge is 2.05. The van der Waals surface area contributed by atoms with Crippen LogP contribution in [0.5, 0.6) is 0 Å². The highest BCUT2D eigenvalue weighted by molar-refractivity contribution is 8.00. The smallest absolute Gasteiger partial charge is 0.0217 e. The molecule has 0 spiro atoms. The molecule has 1 aliphatic rings. The van der Waals surface area contributed by atoms with Crippen molar-refractivity contribution in [1.82, 2.24) is 10.6 Å². The SMILES string of the molecule is c1ccc2c(c1)CNCCNCc1ccccc1SCCCS2. The van der Waals surface area contributed by atoms with Gasteiger partial charge in [0.15, 0.2) is 0 Å². The number of hydrogen-bond acceptors (Lipinski definition) is 4. The van der Waals surface area contributed by atoms with Crippen LogP contribution in [0, 0.1) is 0 Å². The predicted octanol–water partition coefficient (Wildman–Crippen LogP) is 4.15. The number of benzene rings is 2. The number of hydrogen-bond donors (Lipinski definition) is 2. The van der Waals surface area contributed by atoms with E-state index in [4.69, 9.17) is 0 Å². The molecule has 23 heavy (non-hydrogen) atoms. The van der Waals surface area contributed by atoms with Crippen LogP contribution in [0.2, 0.25) is 0 Å². The second-order valence-electron chi connectivity index (χ2n) is 5.62. The number of rotatable bonds is 0. The molecular weight excluding hydrogens is 320 g/mol. The van der Waals surface area contributed by atoms with Crippen LogP contribution in [0.25, 0.3) is 0 Å². The van der Waals surface area contributed by atoms with Gasteiger partial charge in [-0.25, -0.2) is 0 Å². The van der Waals surface area contributed by atoms with Gasteiger partial charge in [0.05, 0.1) is 0 Å². The van der Waals surface area contributed by atoms with Gasteiger partial charge in [0, 0.05) is 36.0 Å². The lowest BCUT2D eigenvalue weighted by Gasteiger charge is -2.11. The Morgan fingerprint density at radius 1 is 0.652 bits per heavy atom. The maximum Gasteiger partial charge on any atom is 0.0217 e. The van der Waals surface area contributed by atoms with Crippen molar-refractivity contribution in [2.75, 3.05) is 24.6 Å². The standard InChI is InChI=1S/C19H24N2S2/c1-3-8-18-16(6-1)14-20-10-11-21-15-17-7-2-4-9-19(17)23-13-5-12-22-18/h1-4,6-9,20-21H,5,10-15H2. The Morgan fingerprint density at radius 2 is 1.13 bits per heavy atom. The first-order valence-corrected chi connectivity index (χ1v) is 10.2. The lowest BCUT2D eigenvalue weighted by molar-refractivity contribution is 0.605. The van der Waals surface area contributed by atoms with Gasteiger partial charge in [-0.2, -0.15) is 0 Å². The molecular formula is C19H24N2S2. The maximum absolute atomic E-state index is 3.55. The van der Waals surface area contributed by atoms with Crippen molar-refractivity contribution < 1.29 is 0 Å². The van der Waals surface area contributed by atoms with Crippen molar-refractivity contribution in [3.05, 3.63) is 59.7 Å². The van der Waals surface area contributed by atoms with Crippen molar-refractivity contribution in [1.29, 1.82) is 0 Å². The minimum atomic E-state index is 0.955. The molecule has 2 N–H and O–H groups in total. The molecule has 2 aromatic rings. The van der Waals surface area contributed by atoms with Gasteiger partial charge in [-0.1, -0.05) is 36.4 Å². The summed E-state index contributed by atoms with van der Waals surface area (Å²) in [6.45, 7) is 3.90. The topological polar surface area (TPSA) is 24.1 Å². The fourth-order valence-corrected chi connectivity index (χ4v) is 4.83. The summed E-state index contributed by atoms with van der Waals surface area (Å²) < 4.78 is 0. The molecule has 2 aromatic carbocycles. The average Bonchev–Trinajstić information content (AvgIpc) is 2.60. The van der Waals surface area contributed by atoms with Gasteiger partial charge < -0.3 is 10.6 Å². The van der Waals surface area contributed by atoms with E-state index in [1.165, 1.54) is 38.8 Å². The van der Waals surface area contributed by atoms with Gasteiger partial charge >= 0.3 is 0 Å². The highest BCUT2D eigenvalue weighted by atomic mass is 32.2. The van der Waals surface area contributed by atoms with E-state index in [1.54, 1.807) is 0 Å². The first kappa shape index (κ1) is 16.9. The van der Waals surface area contributed by atoms with Gasteiger partial charge in [-0.05, 0) is 41.2 Å². The van der Waals surface area contributed by atoms with Crippen LogP contribution < -0.4 is 10.6 Å². The van der Waals surface area contributed by atoms with Gasteiger partial charge in [-0.15, -0.1) is 23.5 Å². The zero-order valence-corrected chi connectivity index (χ0v) is 15.0. The van der Waals surface area contributed by atoms with Crippen LogP contribution in [-0.2, 0) is 13.1 Å². The second-order valence-corrected chi connectivity index (χ2v) is 7.89. The van der Waals surface area contributed by atoms with E-state index in [2.05, 4.69) is 59.2 Å². The molecule has 0 bridgehead atoms. The predicted molar refractivity (Wildman–Crippen MR) is 102 cm³/mol. The Bertz CT molecular complexity index is 562. The first-order valence-electron chi connectivity index (χ1n) is 8.26. The zero-order chi connectivity index (χ0) is 15.7. The molecule has 0 aromatic heterocycles. The molecule has 0 aliphatic carbocycles. The fourth-order valence-electron chi connectivity index (χ4n) is 2.63. The van der Waals surface area contributed by atoms with E-state index in [1.807, 2.05) is 23.5 Å². The summed E-state index contributed by atoms with van der Waals surface area (Å²) in [5, 5.41) is 7.11. The molecule has 1 aliphatic heterocycles. The second kappa shape index (κ2) is 9.38. The van der Waals surface area contributed by atoms with Crippen molar-refractivity contribution in [2.24, 2.45) is 0 Å². The summed E-state index contributed by atoms with van der Waals surface area (Å²) in [6, 6.07) is 17.6. The summed E-state index contributed by atoms with van der Waals surface area (Å²) in [7, 11) is 0. The molecule has 0 amide bonds.